The van der Waals surface area contributed by atoms with E-state index in [4.69, 9.17) is 15.1 Å². The van der Waals surface area contributed by atoms with Gasteiger partial charge in [0.1, 0.15) is 5.69 Å². The molecule has 0 unspecified atom stereocenters. The Morgan fingerprint density at radius 1 is 1.47 bits per heavy atom. The monoisotopic (exact) mass is 275 g/mol. The van der Waals surface area contributed by atoms with Gasteiger partial charge in [0.25, 0.3) is 0 Å². The normalized spacial score (nSPS) is 11.8. The van der Waals surface area contributed by atoms with E-state index in [2.05, 4.69) is 23.6 Å². The van der Waals surface area contributed by atoms with Crippen molar-refractivity contribution in [3.63, 3.8) is 0 Å². The number of imidazole rings is 1. The molecule has 0 amide bonds. The molecule has 0 bridgehead atoms. The van der Waals surface area contributed by atoms with Gasteiger partial charge in [0, 0.05) is 17.5 Å². The summed E-state index contributed by atoms with van der Waals surface area (Å²) in [6, 6.07) is 3.88. The highest BCUT2D eigenvalue weighted by molar-refractivity contribution is 7.15. The van der Waals surface area contributed by atoms with E-state index in [0.29, 0.717) is 12.5 Å². The summed E-state index contributed by atoms with van der Waals surface area (Å²) >= 11 is 1.64. The molecule has 0 aliphatic heterocycles. The van der Waals surface area contributed by atoms with Gasteiger partial charge in [0.15, 0.2) is 10.7 Å². The summed E-state index contributed by atoms with van der Waals surface area (Å²) in [6.45, 7) is 4.96. The van der Waals surface area contributed by atoms with Crippen LogP contribution in [0.1, 0.15) is 31.2 Å². The van der Waals surface area contributed by atoms with Crippen molar-refractivity contribution in [2.24, 2.45) is 5.73 Å². The van der Waals surface area contributed by atoms with Gasteiger partial charge in [-0.2, -0.15) is 0 Å². The molecule has 0 spiro atoms. The Labute approximate surface area is 115 Å². The molecule has 0 aromatic carbocycles. The lowest BCUT2D eigenvalue weighted by molar-refractivity contribution is 0.579. The summed E-state index contributed by atoms with van der Waals surface area (Å²) in [5.41, 5.74) is 9.17. The summed E-state index contributed by atoms with van der Waals surface area (Å²) in [5.74, 6) is 1.27. The molecular formula is C14H17N3OS. The highest BCUT2D eigenvalue weighted by Crippen LogP contribution is 2.31. The summed E-state index contributed by atoms with van der Waals surface area (Å²) in [4.78, 5) is 5.76. The summed E-state index contributed by atoms with van der Waals surface area (Å²) in [7, 11) is 0. The fourth-order valence-corrected chi connectivity index (χ4v) is 3.27. The third kappa shape index (κ3) is 1.99. The lowest BCUT2D eigenvalue weighted by Gasteiger charge is -2.07. The Balaban J connectivity index is 2.25. The maximum Gasteiger partial charge on any atom is 0.194 e. The minimum atomic E-state index is 0.401. The van der Waals surface area contributed by atoms with Crippen molar-refractivity contribution in [1.82, 2.24) is 9.38 Å². The molecule has 0 radical (unpaired) electrons. The second kappa shape index (κ2) is 4.83. The number of nitrogens with two attached hydrogens (primary N) is 1. The lowest BCUT2D eigenvalue weighted by Crippen LogP contribution is -2.08. The number of aromatic nitrogens is 2. The molecule has 0 saturated heterocycles. The standard InChI is InChI=1S/C14H17N3OS/c1-9(2)13-10(5-6-15)17-11(8-19-14(17)16-13)12-4-3-7-18-12/h3-4,7-9H,5-6,15H2,1-2H3. The number of thiazole rings is 1. The van der Waals surface area contributed by atoms with Gasteiger partial charge < -0.3 is 10.2 Å². The van der Waals surface area contributed by atoms with Crippen LogP contribution < -0.4 is 5.73 Å². The second-order valence-electron chi connectivity index (χ2n) is 4.85. The zero-order chi connectivity index (χ0) is 13.4. The fourth-order valence-electron chi connectivity index (χ4n) is 2.37. The number of rotatable bonds is 4. The molecule has 0 aliphatic carbocycles. The van der Waals surface area contributed by atoms with Gasteiger partial charge in [-0.05, 0) is 24.6 Å². The van der Waals surface area contributed by atoms with Gasteiger partial charge in [0.05, 0.1) is 12.0 Å². The number of furan rings is 1. The van der Waals surface area contributed by atoms with Gasteiger partial charge in [-0.1, -0.05) is 13.8 Å². The second-order valence-corrected chi connectivity index (χ2v) is 5.69. The van der Waals surface area contributed by atoms with Crippen molar-refractivity contribution in [2.45, 2.75) is 26.2 Å². The Morgan fingerprint density at radius 3 is 2.95 bits per heavy atom. The highest BCUT2D eigenvalue weighted by atomic mass is 32.1. The molecule has 0 aliphatic rings. The molecule has 4 nitrogen and oxygen atoms in total. The largest absolute Gasteiger partial charge is 0.463 e. The van der Waals surface area contributed by atoms with Crippen LogP contribution in [0.2, 0.25) is 0 Å². The van der Waals surface area contributed by atoms with Gasteiger partial charge in [-0.25, -0.2) is 4.98 Å². The third-order valence-corrected chi connectivity index (χ3v) is 4.02. The predicted molar refractivity (Wildman–Crippen MR) is 77.6 cm³/mol. The van der Waals surface area contributed by atoms with E-state index >= 15 is 0 Å². The van der Waals surface area contributed by atoms with Crippen LogP contribution >= 0.6 is 11.3 Å². The van der Waals surface area contributed by atoms with Crippen LogP contribution in [0, 0.1) is 0 Å². The van der Waals surface area contributed by atoms with E-state index < -0.39 is 0 Å². The molecule has 5 heteroatoms. The van der Waals surface area contributed by atoms with Crippen LogP contribution in [-0.2, 0) is 6.42 Å². The third-order valence-electron chi connectivity index (χ3n) is 3.19. The molecule has 19 heavy (non-hydrogen) atoms. The molecule has 3 aromatic heterocycles. The van der Waals surface area contributed by atoms with Crippen LogP contribution in [0.3, 0.4) is 0 Å². The van der Waals surface area contributed by atoms with Crippen molar-refractivity contribution >= 4 is 16.3 Å². The topological polar surface area (TPSA) is 56.5 Å². The minimum absolute atomic E-state index is 0.401. The van der Waals surface area contributed by atoms with Gasteiger partial charge >= 0.3 is 0 Å². The number of nitrogens with zero attached hydrogens (tertiary/aromatic N) is 2. The van der Waals surface area contributed by atoms with Crippen molar-refractivity contribution < 1.29 is 4.42 Å². The Morgan fingerprint density at radius 2 is 2.32 bits per heavy atom. The Bertz CT molecular complexity index is 679. The van der Waals surface area contributed by atoms with Crippen LogP contribution in [0.25, 0.3) is 16.4 Å². The first-order chi connectivity index (χ1) is 9.22. The average Bonchev–Trinajstić information content (AvgIpc) is 3.04. The van der Waals surface area contributed by atoms with Crippen molar-refractivity contribution in [3.8, 4) is 11.5 Å². The maximum absolute atomic E-state index is 5.76. The van der Waals surface area contributed by atoms with Crippen LogP contribution in [0.4, 0.5) is 0 Å². The van der Waals surface area contributed by atoms with Crippen LogP contribution in [0.5, 0.6) is 0 Å². The lowest BCUT2D eigenvalue weighted by atomic mass is 10.1. The van der Waals surface area contributed by atoms with Crippen LogP contribution in [0.15, 0.2) is 28.2 Å². The van der Waals surface area contributed by atoms with Crippen molar-refractivity contribution in [2.75, 3.05) is 6.54 Å². The van der Waals surface area contributed by atoms with E-state index in [1.165, 1.54) is 5.69 Å². The van der Waals surface area contributed by atoms with Gasteiger partial charge in [-0.15, -0.1) is 11.3 Å². The van der Waals surface area contributed by atoms with E-state index in [1.54, 1.807) is 17.6 Å². The molecule has 0 fully saturated rings. The summed E-state index contributed by atoms with van der Waals surface area (Å²) in [5, 5.41) is 2.09. The zero-order valence-corrected chi connectivity index (χ0v) is 11.9. The first kappa shape index (κ1) is 12.4. The van der Waals surface area contributed by atoms with E-state index in [9.17, 15) is 0 Å². The van der Waals surface area contributed by atoms with E-state index in [-0.39, 0.29) is 0 Å². The highest BCUT2D eigenvalue weighted by Gasteiger charge is 2.19. The molecular weight excluding hydrogens is 258 g/mol. The summed E-state index contributed by atoms with van der Waals surface area (Å²) in [6.07, 6.45) is 2.53. The quantitative estimate of drug-likeness (QED) is 0.795. The molecule has 3 heterocycles. The average molecular weight is 275 g/mol. The molecule has 100 valence electrons. The molecule has 3 rings (SSSR count). The first-order valence-electron chi connectivity index (χ1n) is 6.45. The predicted octanol–water partition coefficient (Wildman–Crippen LogP) is 3.28. The molecule has 3 aromatic rings. The maximum atomic E-state index is 5.76. The zero-order valence-electron chi connectivity index (χ0n) is 11.1. The van der Waals surface area contributed by atoms with Gasteiger partial charge in [-0.3, -0.25) is 4.40 Å². The van der Waals surface area contributed by atoms with Crippen molar-refractivity contribution in [1.29, 1.82) is 0 Å². The van der Waals surface area contributed by atoms with Crippen molar-refractivity contribution in [3.05, 3.63) is 35.2 Å². The Kier molecular flexibility index (Phi) is 3.16. The number of hydrogen-bond donors (Lipinski definition) is 1. The van der Waals surface area contributed by atoms with E-state index in [0.717, 1.165) is 28.5 Å². The van der Waals surface area contributed by atoms with Gasteiger partial charge in [0.2, 0.25) is 0 Å². The minimum Gasteiger partial charge on any atom is -0.463 e. The molecule has 2 N–H and O–H groups in total. The van der Waals surface area contributed by atoms with E-state index in [1.807, 2.05) is 12.1 Å². The molecule has 0 saturated carbocycles. The first-order valence-corrected chi connectivity index (χ1v) is 7.33. The SMILES string of the molecule is CC(C)c1nc2scc(-c3ccco3)n2c1CCN. The Hall–Kier alpha value is -1.59. The molecule has 0 atom stereocenters. The smallest absolute Gasteiger partial charge is 0.194 e. The number of hydrogen-bond acceptors (Lipinski definition) is 4. The fraction of sp³-hybridized carbons (Fsp3) is 0.357. The summed E-state index contributed by atoms with van der Waals surface area (Å²) < 4.78 is 7.70. The van der Waals surface area contributed by atoms with Crippen LogP contribution in [-0.4, -0.2) is 15.9 Å². The number of fused-ring (bicyclic) bond motifs is 1.